The fourth-order valence-electron chi connectivity index (χ4n) is 4.98. The molecule has 3 aromatic carbocycles. The first-order valence-corrected chi connectivity index (χ1v) is 12.6. The van der Waals surface area contributed by atoms with E-state index >= 15 is 0 Å². The van der Waals surface area contributed by atoms with Crippen LogP contribution >= 0.6 is 0 Å². The molecule has 6 heteroatoms. The van der Waals surface area contributed by atoms with Gasteiger partial charge in [-0.2, -0.15) is 0 Å². The van der Waals surface area contributed by atoms with E-state index < -0.39 is 17.7 Å². The molecule has 0 saturated carbocycles. The lowest BCUT2D eigenvalue weighted by Gasteiger charge is -2.27. The third-order valence-electron chi connectivity index (χ3n) is 6.80. The van der Waals surface area contributed by atoms with Crippen LogP contribution in [-0.2, 0) is 16.0 Å². The number of benzene rings is 3. The minimum Gasteiger partial charge on any atom is -0.507 e. The van der Waals surface area contributed by atoms with Gasteiger partial charge in [-0.1, -0.05) is 38.1 Å². The maximum Gasteiger partial charge on any atom is 0.300 e. The van der Waals surface area contributed by atoms with Crippen molar-refractivity contribution in [3.05, 3.63) is 94.6 Å². The highest BCUT2D eigenvalue weighted by atomic mass is 16.5. The molecule has 1 saturated heterocycles. The number of anilines is 1. The third-order valence-corrected chi connectivity index (χ3v) is 6.80. The van der Waals surface area contributed by atoms with Crippen molar-refractivity contribution in [3.8, 4) is 11.5 Å². The van der Waals surface area contributed by atoms with Gasteiger partial charge in [-0.25, -0.2) is 0 Å². The average molecular weight is 498 g/mol. The number of Topliss-reactive ketones (excluding diaryl/α,β-unsaturated/α-hetero) is 1. The van der Waals surface area contributed by atoms with Crippen molar-refractivity contribution in [2.75, 3.05) is 11.5 Å². The second-order valence-electron chi connectivity index (χ2n) is 10.2. The lowest BCUT2D eigenvalue weighted by atomic mass is 9.92. The molecule has 190 valence electrons. The maximum atomic E-state index is 13.5. The SMILES string of the molecule is Cc1ccccc1C1/C(=C(\O)c2ccc3c(c2)CC(C)O3)C(=O)C(=O)N1c1ccc(OCC(C)C)cc1. The number of aliphatic hydroxyl groups excluding tert-OH is 1. The molecule has 2 aliphatic heterocycles. The van der Waals surface area contributed by atoms with E-state index in [2.05, 4.69) is 13.8 Å². The Bertz CT molecular complexity index is 1390. The Labute approximate surface area is 217 Å². The Hall–Kier alpha value is -4.06. The summed E-state index contributed by atoms with van der Waals surface area (Å²) in [6.45, 7) is 8.65. The maximum absolute atomic E-state index is 13.5. The summed E-state index contributed by atoms with van der Waals surface area (Å²) in [6.07, 6.45) is 0.773. The second-order valence-corrected chi connectivity index (χ2v) is 10.2. The largest absolute Gasteiger partial charge is 0.507 e. The predicted molar refractivity (Wildman–Crippen MR) is 143 cm³/mol. The van der Waals surface area contributed by atoms with Gasteiger partial charge in [-0.05, 0) is 78.9 Å². The zero-order chi connectivity index (χ0) is 26.3. The van der Waals surface area contributed by atoms with Gasteiger partial charge >= 0.3 is 0 Å². The number of carbonyl (C=O) groups excluding carboxylic acids is 2. The fraction of sp³-hybridized carbons (Fsp3) is 0.290. The Kier molecular flexibility index (Phi) is 6.50. The van der Waals surface area contributed by atoms with Crippen molar-refractivity contribution in [2.24, 2.45) is 5.92 Å². The monoisotopic (exact) mass is 497 g/mol. The molecule has 2 aliphatic rings. The number of amides is 1. The van der Waals surface area contributed by atoms with E-state index in [0.29, 0.717) is 29.5 Å². The van der Waals surface area contributed by atoms with Gasteiger partial charge < -0.3 is 14.6 Å². The topological polar surface area (TPSA) is 76.1 Å². The number of ether oxygens (including phenoxy) is 2. The van der Waals surface area contributed by atoms with Crippen LogP contribution in [0, 0.1) is 12.8 Å². The minimum absolute atomic E-state index is 0.0532. The molecule has 0 spiro atoms. The zero-order valence-corrected chi connectivity index (χ0v) is 21.5. The minimum atomic E-state index is -0.771. The molecule has 0 radical (unpaired) electrons. The summed E-state index contributed by atoms with van der Waals surface area (Å²) in [5, 5.41) is 11.5. The Morgan fingerprint density at radius 2 is 1.81 bits per heavy atom. The molecular weight excluding hydrogens is 466 g/mol. The summed E-state index contributed by atoms with van der Waals surface area (Å²) >= 11 is 0. The molecule has 3 aromatic rings. The molecule has 37 heavy (non-hydrogen) atoms. The molecular formula is C31H31NO5. The van der Waals surface area contributed by atoms with Gasteiger partial charge in [0.1, 0.15) is 23.4 Å². The van der Waals surface area contributed by atoms with Crippen LogP contribution in [0.3, 0.4) is 0 Å². The van der Waals surface area contributed by atoms with Crippen LogP contribution in [0.5, 0.6) is 11.5 Å². The summed E-state index contributed by atoms with van der Waals surface area (Å²) in [4.78, 5) is 28.4. The zero-order valence-electron chi connectivity index (χ0n) is 21.5. The van der Waals surface area contributed by atoms with E-state index in [4.69, 9.17) is 9.47 Å². The summed E-state index contributed by atoms with van der Waals surface area (Å²) in [7, 11) is 0. The van der Waals surface area contributed by atoms with Crippen LogP contribution in [0.25, 0.3) is 5.76 Å². The number of carbonyl (C=O) groups is 2. The lowest BCUT2D eigenvalue weighted by Crippen LogP contribution is -2.29. The first kappa shape index (κ1) is 24.6. The first-order valence-electron chi connectivity index (χ1n) is 12.6. The average Bonchev–Trinajstić information content (AvgIpc) is 3.38. The molecule has 2 unspecified atom stereocenters. The van der Waals surface area contributed by atoms with Gasteiger partial charge in [0.25, 0.3) is 11.7 Å². The normalized spacial score (nSPS) is 20.3. The number of rotatable bonds is 6. The third kappa shape index (κ3) is 4.59. The number of aliphatic hydroxyl groups is 1. The van der Waals surface area contributed by atoms with Crippen molar-refractivity contribution >= 4 is 23.1 Å². The molecule has 0 aromatic heterocycles. The van der Waals surface area contributed by atoms with E-state index in [1.165, 1.54) is 4.90 Å². The van der Waals surface area contributed by atoms with Crippen LogP contribution in [-0.4, -0.2) is 29.5 Å². The van der Waals surface area contributed by atoms with Crippen LogP contribution < -0.4 is 14.4 Å². The standard InChI is InChI=1S/C31H31NO5/c1-18(2)17-36-24-12-10-23(11-13-24)32-28(25-8-6-5-7-19(25)3)27(30(34)31(32)35)29(33)21-9-14-26-22(16-21)15-20(4)37-26/h5-14,16,18,20,28,33H,15,17H2,1-4H3/b29-27+. The molecule has 0 aliphatic carbocycles. The summed E-state index contributed by atoms with van der Waals surface area (Å²) in [5.41, 5.74) is 3.79. The van der Waals surface area contributed by atoms with Crippen LogP contribution in [0.15, 0.2) is 72.3 Å². The van der Waals surface area contributed by atoms with Crippen molar-refractivity contribution in [3.63, 3.8) is 0 Å². The highest BCUT2D eigenvalue weighted by Gasteiger charge is 2.47. The van der Waals surface area contributed by atoms with Crippen LogP contribution in [0.2, 0.25) is 0 Å². The van der Waals surface area contributed by atoms with Crippen LogP contribution in [0.1, 0.15) is 49.1 Å². The van der Waals surface area contributed by atoms with Crippen molar-refractivity contribution in [1.29, 1.82) is 0 Å². The van der Waals surface area contributed by atoms with E-state index in [1.54, 1.807) is 30.3 Å². The molecule has 1 N–H and O–H groups in total. The van der Waals surface area contributed by atoms with Gasteiger partial charge in [0.05, 0.1) is 18.2 Å². The molecule has 1 fully saturated rings. The Morgan fingerprint density at radius 3 is 2.51 bits per heavy atom. The molecule has 6 nitrogen and oxygen atoms in total. The number of nitrogens with zero attached hydrogens (tertiary/aromatic N) is 1. The number of fused-ring (bicyclic) bond motifs is 1. The Balaban J connectivity index is 1.61. The first-order chi connectivity index (χ1) is 17.7. The number of aryl methyl sites for hydroxylation is 1. The van der Waals surface area contributed by atoms with Crippen molar-refractivity contribution in [1.82, 2.24) is 0 Å². The Morgan fingerprint density at radius 1 is 1.08 bits per heavy atom. The smallest absolute Gasteiger partial charge is 0.300 e. The van der Waals surface area contributed by atoms with Gasteiger partial charge in [0.2, 0.25) is 0 Å². The molecule has 0 bridgehead atoms. The van der Waals surface area contributed by atoms with E-state index in [9.17, 15) is 14.7 Å². The van der Waals surface area contributed by atoms with E-state index in [0.717, 1.165) is 28.9 Å². The molecule has 5 rings (SSSR count). The van der Waals surface area contributed by atoms with Gasteiger partial charge in [-0.15, -0.1) is 0 Å². The molecule has 2 atom stereocenters. The highest BCUT2D eigenvalue weighted by molar-refractivity contribution is 6.51. The number of hydrogen-bond donors (Lipinski definition) is 1. The summed E-state index contributed by atoms with van der Waals surface area (Å²) < 4.78 is 11.6. The van der Waals surface area contributed by atoms with Gasteiger partial charge in [0, 0.05) is 17.7 Å². The lowest BCUT2D eigenvalue weighted by molar-refractivity contribution is -0.132. The number of ketones is 1. The second kappa shape index (κ2) is 9.77. The summed E-state index contributed by atoms with van der Waals surface area (Å²) in [5.74, 6) is 0.275. The summed E-state index contributed by atoms with van der Waals surface area (Å²) in [6, 6.07) is 19.4. The predicted octanol–water partition coefficient (Wildman–Crippen LogP) is 5.98. The van der Waals surface area contributed by atoms with Crippen molar-refractivity contribution < 1.29 is 24.2 Å². The van der Waals surface area contributed by atoms with Gasteiger partial charge in [0.15, 0.2) is 0 Å². The number of hydrogen-bond acceptors (Lipinski definition) is 5. The quantitative estimate of drug-likeness (QED) is 0.258. The highest BCUT2D eigenvalue weighted by Crippen LogP contribution is 2.44. The molecule has 1 amide bonds. The van der Waals surface area contributed by atoms with Crippen LogP contribution in [0.4, 0.5) is 5.69 Å². The van der Waals surface area contributed by atoms with E-state index in [1.807, 2.05) is 50.2 Å². The van der Waals surface area contributed by atoms with E-state index in [-0.39, 0.29) is 17.4 Å². The van der Waals surface area contributed by atoms with Gasteiger partial charge in [-0.3, -0.25) is 14.5 Å². The van der Waals surface area contributed by atoms with Crippen molar-refractivity contribution in [2.45, 2.75) is 46.3 Å². The molecule has 2 heterocycles. The fourth-order valence-corrected chi connectivity index (χ4v) is 4.98.